The number of amides is 1. The van der Waals surface area contributed by atoms with Crippen molar-refractivity contribution in [3.8, 4) is 0 Å². The molecule has 1 amide bonds. The third-order valence-electron chi connectivity index (χ3n) is 4.03. The highest BCUT2D eigenvalue weighted by Crippen LogP contribution is 2.40. The number of methoxy groups -OCH3 is 1. The van der Waals surface area contributed by atoms with E-state index in [0.29, 0.717) is 4.88 Å². The Morgan fingerprint density at radius 2 is 2.08 bits per heavy atom. The molecule has 25 heavy (non-hydrogen) atoms. The number of ketones is 1. The van der Waals surface area contributed by atoms with Gasteiger partial charge in [-0.25, -0.2) is 4.39 Å². The Morgan fingerprint density at radius 3 is 2.72 bits per heavy atom. The van der Waals surface area contributed by atoms with Gasteiger partial charge in [0.15, 0.2) is 5.76 Å². The molecule has 0 aliphatic carbocycles. The molecule has 0 unspecified atom stereocenters. The average Bonchev–Trinajstić information content (AvgIpc) is 3.22. The molecule has 1 aromatic heterocycles. The summed E-state index contributed by atoms with van der Waals surface area (Å²) in [5.41, 5.74) is 0.0598. The van der Waals surface area contributed by atoms with E-state index >= 15 is 0 Å². The zero-order valence-corrected chi connectivity index (χ0v) is 14.3. The third-order valence-corrected chi connectivity index (χ3v) is 4.90. The Hall–Kier alpha value is -2.51. The lowest BCUT2D eigenvalue weighted by Gasteiger charge is -2.26. The standard InChI is InChI=1S/C18H16FNO4S/c1-24-9-8-20-15(11-5-2-3-6-12(11)19)14(17(22)18(20)23)16(21)13-7-4-10-25-13/h2-7,10,15,22H,8-9H2,1H3/t15-/m0/s1. The molecule has 2 aromatic rings. The van der Waals surface area contributed by atoms with Gasteiger partial charge in [-0.05, 0) is 17.5 Å². The maximum atomic E-state index is 14.4. The number of carbonyl (C=O) groups is 2. The molecular formula is C18H16FNO4S. The van der Waals surface area contributed by atoms with Crippen molar-refractivity contribution in [2.24, 2.45) is 0 Å². The topological polar surface area (TPSA) is 66.8 Å². The molecule has 0 bridgehead atoms. The zero-order valence-electron chi connectivity index (χ0n) is 13.4. The zero-order chi connectivity index (χ0) is 18.0. The second-order valence-electron chi connectivity index (χ2n) is 5.48. The number of nitrogens with zero attached hydrogens (tertiary/aromatic N) is 1. The van der Waals surface area contributed by atoms with Crippen LogP contribution in [-0.2, 0) is 9.53 Å². The van der Waals surface area contributed by atoms with Gasteiger partial charge >= 0.3 is 0 Å². The summed E-state index contributed by atoms with van der Waals surface area (Å²) >= 11 is 1.20. The number of thiophene rings is 1. The number of benzene rings is 1. The highest BCUT2D eigenvalue weighted by Gasteiger charge is 2.44. The molecule has 1 aliphatic rings. The van der Waals surface area contributed by atoms with Crippen molar-refractivity contribution in [1.29, 1.82) is 0 Å². The van der Waals surface area contributed by atoms with Crippen molar-refractivity contribution in [2.75, 3.05) is 20.3 Å². The van der Waals surface area contributed by atoms with Crippen molar-refractivity contribution in [2.45, 2.75) is 6.04 Å². The number of carbonyl (C=O) groups excluding carboxylic acids is 2. The predicted octanol–water partition coefficient (Wildman–Crippen LogP) is 3.11. The van der Waals surface area contributed by atoms with Gasteiger partial charge in [0.05, 0.1) is 23.1 Å². The molecule has 3 rings (SSSR count). The van der Waals surface area contributed by atoms with Gasteiger partial charge in [0.25, 0.3) is 5.91 Å². The maximum absolute atomic E-state index is 14.4. The minimum absolute atomic E-state index is 0.103. The van der Waals surface area contributed by atoms with E-state index in [1.165, 1.54) is 41.5 Å². The lowest BCUT2D eigenvalue weighted by atomic mass is 9.95. The summed E-state index contributed by atoms with van der Waals surface area (Å²) in [5, 5.41) is 12.1. The first-order valence-corrected chi connectivity index (χ1v) is 8.50. The quantitative estimate of drug-likeness (QED) is 0.803. The van der Waals surface area contributed by atoms with Crippen LogP contribution in [-0.4, -0.2) is 42.0 Å². The highest BCUT2D eigenvalue weighted by atomic mass is 32.1. The minimum atomic E-state index is -0.988. The molecule has 2 heterocycles. The minimum Gasteiger partial charge on any atom is -0.503 e. The number of halogens is 1. The average molecular weight is 361 g/mol. The van der Waals surface area contributed by atoms with Crippen LogP contribution in [0.2, 0.25) is 0 Å². The Kier molecular flexibility index (Phi) is 4.96. The first kappa shape index (κ1) is 17.3. The number of rotatable bonds is 6. The molecule has 7 heteroatoms. The van der Waals surface area contributed by atoms with Gasteiger partial charge in [-0.1, -0.05) is 24.3 Å². The number of aliphatic hydroxyl groups is 1. The van der Waals surface area contributed by atoms with Crippen LogP contribution in [0.25, 0.3) is 0 Å². The van der Waals surface area contributed by atoms with Crippen LogP contribution in [0.3, 0.4) is 0 Å². The monoisotopic (exact) mass is 361 g/mol. The lowest BCUT2D eigenvalue weighted by molar-refractivity contribution is -0.130. The first-order chi connectivity index (χ1) is 12.1. The van der Waals surface area contributed by atoms with E-state index in [2.05, 4.69) is 0 Å². The van der Waals surface area contributed by atoms with Crippen molar-refractivity contribution in [3.05, 3.63) is 69.4 Å². The Bertz CT molecular complexity index is 831. The molecular weight excluding hydrogens is 345 g/mol. The smallest absolute Gasteiger partial charge is 0.290 e. The molecule has 1 N–H and O–H groups in total. The van der Waals surface area contributed by atoms with Crippen LogP contribution >= 0.6 is 11.3 Å². The summed E-state index contributed by atoms with van der Waals surface area (Å²) in [7, 11) is 1.48. The molecule has 0 saturated heterocycles. The summed E-state index contributed by atoms with van der Waals surface area (Å²) in [4.78, 5) is 27.0. The maximum Gasteiger partial charge on any atom is 0.290 e. The number of Topliss-reactive ketones (excluding diaryl/α,β-unsaturated/α-hetero) is 1. The van der Waals surface area contributed by atoms with Crippen LogP contribution in [0.1, 0.15) is 21.3 Å². The van der Waals surface area contributed by atoms with Gasteiger partial charge in [0.1, 0.15) is 5.82 Å². The van der Waals surface area contributed by atoms with Gasteiger partial charge in [0.2, 0.25) is 5.78 Å². The van der Waals surface area contributed by atoms with Crippen molar-refractivity contribution in [1.82, 2.24) is 4.90 Å². The molecule has 5 nitrogen and oxygen atoms in total. The van der Waals surface area contributed by atoms with Gasteiger partial charge in [0, 0.05) is 19.2 Å². The van der Waals surface area contributed by atoms with E-state index in [9.17, 15) is 19.1 Å². The number of aliphatic hydroxyl groups excluding tert-OH is 1. The molecule has 1 aromatic carbocycles. The summed E-state index contributed by atoms with van der Waals surface area (Å²) in [6, 6.07) is 8.24. The summed E-state index contributed by atoms with van der Waals surface area (Å²) in [6.45, 7) is 0.323. The van der Waals surface area contributed by atoms with E-state index < -0.39 is 29.3 Å². The Balaban J connectivity index is 2.10. The molecule has 0 spiro atoms. The number of ether oxygens (including phenoxy) is 1. The highest BCUT2D eigenvalue weighted by molar-refractivity contribution is 7.12. The van der Waals surface area contributed by atoms with Gasteiger partial charge < -0.3 is 14.7 Å². The van der Waals surface area contributed by atoms with Crippen molar-refractivity contribution in [3.63, 3.8) is 0 Å². The fraction of sp³-hybridized carbons (Fsp3) is 0.222. The van der Waals surface area contributed by atoms with Gasteiger partial charge in [-0.3, -0.25) is 9.59 Å². The molecule has 1 atom stereocenters. The van der Waals surface area contributed by atoms with E-state index in [-0.39, 0.29) is 24.3 Å². The normalized spacial score (nSPS) is 17.4. The molecule has 0 saturated carbocycles. The van der Waals surface area contributed by atoms with E-state index in [1.807, 2.05) is 0 Å². The second-order valence-corrected chi connectivity index (χ2v) is 6.43. The predicted molar refractivity (Wildman–Crippen MR) is 91.0 cm³/mol. The van der Waals surface area contributed by atoms with Gasteiger partial charge in [-0.15, -0.1) is 11.3 Å². The fourth-order valence-electron chi connectivity index (χ4n) is 2.87. The fourth-order valence-corrected chi connectivity index (χ4v) is 3.54. The van der Waals surface area contributed by atoms with E-state index in [1.54, 1.807) is 23.6 Å². The largest absolute Gasteiger partial charge is 0.503 e. The first-order valence-electron chi connectivity index (χ1n) is 7.62. The number of hydrogen-bond acceptors (Lipinski definition) is 5. The lowest BCUT2D eigenvalue weighted by Crippen LogP contribution is -2.34. The van der Waals surface area contributed by atoms with E-state index in [4.69, 9.17) is 4.74 Å². The third kappa shape index (κ3) is 3.08. The SMILES string of the molecule is COCCN1C(=O)C(O)=C(C(=O)c2cccs2)[C@@H]1c1ccccc1F. The Labute approximate surface area is 148 Å². The van der Waals surface area contributed by atoms with Crippen molar-refractivity contribution < 1.29 is 23.8 Å². The molecule has 0 radical (unpaired) electrons. The number of hydrogen-bond donors (Lipinski definition) is 1. The molecule has 130 valence electrons. The van der Waals surface area contributed by atoms with Crippen LogP contribution in [0, 0.1) is 5.82 Å². The summed E-state index contributed by atoms with van der Waals surface area (Å²) in [6.07, 6.45) is 0. The Morgan fingerprint density at radius 1 is 1.32 bits per heavy atom. The molecule has 0 fully saturated rings. The second kappa shape index (κ2) is 7.16. The van der Waals surface area contributed by atoms with Crippen LogP contribution in [0.5, 0.6) is 0 Å². The van der Waals surface area contributed by atoms with Crippen LogP contribution < -0.4 is 0 Å². The molecule has 1 aliphatic heterocycles. The van der Waals surface area contributed by atoms with Gasteiger partial charge in [-0.2, -0.15) is 0 Å². The summed E-state index contributed by atoms with van der Waals surface area (Å²) in [5.74, 6) is -2.36. The van der Waals surface area contributed by atoms with Crippen molar-refractivity contribution >= 4 is 23.0 Å². The van der Waals surface area contributed by atoms with Crippen LogP contribution in [0.4, 0.5) is 4.39 Å². The van der Waals surface area contributed by atoms with Crippen LogP contribution in [0.15, 0.2) is 53.1 Å². The van der Waals surface area contributed by atoms with E-state index in [0.717, 1.165) is 0 Å². The summed E-state index contributed by atoms with van der Waals surface area (Å²) < 4.78 is 19.4.